The molecule has 0 aliphatic heterocycles. The fourth-order valence-electron chi connectivity index (χ4n) is 1.18. The molecule has 5 nitrogen and oxygen atoms in total. The maximum absolute atomic E-state index is 12.5. The van der Waals surface area contributed by atoms with Crippen molar-refractivity contribution in [2.24, 2.45) is 0 Å². The van der Waals surface area contributed by atoms with Gasteiger partial charge in [-0.05, 0) is 0 Å². The number of nitriles is 1. The van der Waals surface area contributed by atoms with Gasteiger partial charge in [0, 0.05) is 11.8 Å². The molecule has 0 aromatic carbocycles. The molecule has 0 aliphatic carbocycles. The number of carboxylic acids is 1. The summed E-state index contributed by atoms with van der Waals surface area (Å²) in [6, 6.07) is 1.42. The fraction of sp³-hybridized carbons (Fsp3) is 0.222. The quantitative estimate of drug-likeness (QED) is 0.800. The topological polar surface area (TPSA) is 93.9 Å². The first-order valence-corrected chi connectivity index (χ1v) is 4.12. The van der Waals surface area contributed by atoms with Crippen molar-refractivity contribution in [2.75, 3.05) is 0 Å². The first-order valence-electron chi connectivity index (χ1n) is 4.12. The minimum absolute atomic E-state index is 0.304. The number of halogens is 2. The number of alkyl halides is 2. The zero-order valence-electron chi connectivity index (χ0n) is 7.83. The highest BCUT2D eigenvalue weighted by molar-refractivity contribution is 5.70. The highest BCUT2D eigenvalue weighted by Crippen LogP contribution is 2.17. The lowest BCUT2D eigenvalue weighted by Gasteiger charge is -2.04. The number of hydrogen-bond donors (Lipinski definition) is 2. The zero-order chi connectivity index (χ0) is 12.3. The molecule has 1 aromatic heterocycles. The second-order valence-electron chi connectivity index (χ2n) is 2.91. The van der Waals surface area contributed by atoms with Crippen LogP contribution in [0.25, 0.3) is 0 Å². The summed E-state index contributed by atoms with van der Waals surface area (Å²) in [5.74, 6) is -1.31. The van der Waals surface area contributed by atoms with E-state index in [4.69, 9.17) is 10.4 Å². The molecule has 2 N–H and O–H groups in total. The fourth-order valence-corrected chi connectivity index (χ4v) is 1.18. The Morgan fingerprint density at radius 1 is 1.62 bits per heavy atom. The van der Waals surface area contributed by atoms with Gasteiger partial charge in [0.15, 0.2) is 5.43 Å². The van der Waals surface area contributed by atoms with Gasteiger partial charge in [-0.3, -0.25) is 9.59 Å². The molecule has 0 saturated heterocycles. The van der Waals surface area contributed by atoms with Gasteiger partial charge in [0.25, 0.3) is 6.43 Å². The standard InChI is InChI=1S/C9H6F2N2O3/c10-9(11)7-5(2-12)13-3-4(8(7)16)1-6(14)15/h3,9H,1H2,(H,13,16)(H,14,15). The molecule has 0 aliphatic rings. The highest BCUT2D eigenvalue weighted by atomic mass is 19.3. The molecule has 84 valence electrons. The number of nitrogens with zero attached hydrogens (tertiary/aromatic N) is 1. The van der Waals surface area contributed by atoms with Gasteiger partial charge >= 0.3 is 5.97 Å². The maximum atomic E-state index is 12.5. The lowest BCUT2D eigenvalue weighted by atomic mass is 10.1. The van der Waals surface area contributed by atoms with Gasteiger partial charge < -0.3 is 10.1 Å². The SMILES string of the molecule is N#Cc1[nH]cc(CC(=O)O)c(=O)c1C(F)F. The second-order valence-corrected chi connectivity index (χ2v) is 2.91. The molecule has 0 unspecified atom stereocenters. The normalized spacial score (nSPS) is 10.1. The number of H-pyrrole nitrogens is 1. The van der Waals surface area contributed by atoms with Crippen LogP contribution >= 0.6 is 0 Å². The van der Waals surface area contributed by atoms with Crippen molar-refractivity contribution in [2.45, 2.75) is 12.8 Å². The van der Waals surface area contributed by atoms with Crippen molar-refractivity contribution in [3.63, 3.8) is 0 Å². The smallest absolute Gasteiger partial charge is 0.308 e. The average Bonchev–Trinajstić information content (AvgIpc) is 2.19. The van der Waals surface area contributed by atoms with Crippen LogP contribution in [0.2, 0.25) is 0 Å². The van der Waals surface area contributed by atoms with Gasteiger partial charge in [-0.2, -0.15) is 5.26 Å². The van der Waals surface area contributed by atoms with Crippen LogP contribution in [0.5, 0.6) is 0 Å². The molecule has 0 atom stereocenters. The molecule has 1 rings (SSSR count). The molecule has 0 bridgehead atoms. The Morgan fingerprint density at radius 2 is 2.25 bits per heavy atom. The Morgan fingerprint density at radius 3 is 2.69 bits per heavy atom. The van der Waals surface area contributed by atoms with Gasteiger partial charge in [-0.15, -0.1) is 0 Å². The summed E-state index contributed by atoms with van der Waals surface area (Å²) in [7, 11) is 0. The Bertz CT molecular complexity index is 516. The second kappa shape index (κ2) is 4.53. The average molecular weight is 228 g/mol. The van der Waals surface area contributed by atoms with Gasteiger partial charge in [0.05, 0.1) is 12.0 Å². The van der Waals surface area contributed by atoms with Crippen LogP contribution in [0, 0.1) is 11.3 Å². The summed E-state index contributed by atoms with van der Waals surface area (Å²) >= 11 is 0. The molecule has 1 aromatic rings. The molecular formula is C9H6F2N2O3. The van der Waals surface area contributed by atoms with Crippen LogP contribution in [0.15, 0.2) is 11.0 Å². The van der Waals surface area contributed by atoms with Crippen molar-refractivity contribution in [3.8, 4) is 6.07 Å². The monoisotopic (exact) mass is 228 g/mol. The van der Waals surface area contributed by atoms with E-state index in [1.807, 2.05) is 0 Å². The molecule has 0 spiro atoms. The Balaban J connectivity index is 3.39. The predicted molar refractivity (Wildman–Crippen MR) is 48.1 cm³/mol. The first kappa shape index (κ1) is 11.8. The molecule has 0 fully saturated rings. The van der Waals surface area contributed by atoms with E-state index in [2.05, 4.69) is 4.98 Å². The number of carbonyl (C=O) groups is 1. The molecule has 16 heavy (non-hydrogen) atoms. The Kier molecular flexibility index (Phi) is 3.35. The Labute approximate surface area is 88.0 Å². The van der Waals surface area contributed by atoms with Crippen LogP contribution in [-0.4, -0.2) is 16.1 Å². The van der Waals surface area contributed by atoms with Crippen molar-refractivity contribution < 1.29 is 18.7 Å². The van der Waals surface area contributed by atoms with Crippen molar-refractivity contribution >= 4 is 5.97 Å². The third kappa shape index (κ3) is 2.23. The number of aromatic amines is 1. The van der Waals surface area contributed by atoms with Crippen molar-refractivity contribution in [1.82, 2.24) is 4.98 Å². The lowest BCUT2D eigenvalue weighted by Crippen LogP contribution is -2.20. The molecule has 0 saturated carbocycles. The summed E-state index contributed by atoms with van der Waals surface area (Å²) < 4.78 is 24.9. The number of rotatable bonds is 3. The summed E-state index contributed by atoms with van der Waals surface area (Å²) in [4.78, 5) is 23.9. The van der Waals surface area contributed by atoms with Gasteiger partial charge in [-0.25, -0.2) is 8.78 Å². The minimum atomic E-state index is -3.12. The van der Waals surface area contributed by atoms with Crippen LogP contribution in [-0.2, 0) is 11.2 Å². The summed E-state index contributed by atoms with van der Waals surface area (Å²) in [5.41, 5.74) is -2.94. The largest absolute Gasteiger partial charge is 0.481 e. The zero-order valence-corrected chi connectivity index (χ0v) is 7.83. The van der Waals surface area contributed by atoms with Crippen LogP contribution < -0.4 is 5.43 Å². The third-order valence-corrected chi connectivity index (χ3v) is 1.87. The summed E-state index contributed by atoms with van der Waals surface area (Å²) in [5, 5.41) is 16.9. The third-order valence-electron chi connectivity index (χ3n) is 1.87. The molecule has 0 radical (unpaired) electrons. The number of hydrogen-bond acceptors (Lipinski definition) is 3. The van der Waals surface area contributed by atoms with Crippen LogP contribution in [0.1, 0.15) is 23.2 Å². The van der Waals surface area contributed by atoms with Gasteiger partial charge in [0.2, 0.25) is 0 Å². The Hall–Kier alpha value is -2.23. The molecule has 0 amide bonds. The predicted octanol–water partition coefficient (Wildman–Crippen LogP) is 0.811. The van der Waals surface area contributed by atoms with E-state index < -0.39 is 35.5 Å². The maximum Gasteiger partial charge on any atom is 0.308 e. The lowest BCUT2D eigenvalue weighted by molar-refractivity contribution is -0.136. The molecule has 1 heterocycles. The van der Waals surface area contributed by atoms with Crippen molar-refractivity contribution in [1.29, 1.82) is 5.26 Å². The van der Waals surface area contributed by atoms with Crippen LogP contribution in [0.4, 0.5) is 8.78 Å². The van der Waals surface area contributed by atoms with E-state index in [9.17, 15) is 18.4 Å². The number of aromatic nitrogens is 1. The van der Waals surface area contributed by atoms with E-state index in [1.165, 1.54) is 6.07 Å². The van der Waals surface area contributed by atoms with E-state index in [0.29, 0.717) is 0 Å². The van der Waals surface area contributed by atoms with Crippen LogP contribution in [0.3, 0.4) is 0 Å². The van der Waals surface area contributed by atoms with E-state index >= 15 is 0 Å². The number of carboxylic acid groups (broad SMARTS) is 1. The molecular weight excluding hydrogens is 222 g/mol. The minimum Gasteiger partial charge on any atom is -0.481 e. The van der Waals surface area contributed by atoms with Gasteiger partial charge in [0.1, 0.15) is 11.8 Å². The first-order chi connectivity index (χ1) is 7.47. The number of aliphatic carboxylic acids is 1. The van der Waals surface area contributed by atoms with E-state index in [1.54, 1.807) is 0 Å². The number of nitrogens with one attached hydrogen (secondary N) is 1. The highest BCUT2D eigenvalue weighted by Gasteiger charge is 2.20. The molecule has 7 heteroatoms. The summed E-state index contributed by atoms with van der Waals surface area (Å²) in [6.45, 7) is 0. The van der Waals surface area contributed by atoms with E-state index in [-0.39, 0.29) is 5.56 Å². The number of pyridine rings is 1. The van der Waals surface area contributed by atoms with E-state index in [0.717, 1.165) is 6.20 Å². The van der Waals surface area contributed by atoms with Gasteiger partial charge in [-0.1, -0.05) is 0 Å². The van der Waals surface area contributed by atoms with Crippen molar-refractivity contribution in [3.05, 3.63) is 33.2 Å². The summed E-state index contributed by atoms with van der Waals surface area (Å²) in [6.07, 6.45) is -2.83.